The van der Waals surface area contributed by atoms with Crippen LogP contribution < -0.4 is 16.0 Å². The van der Waals surface area contributed by atoms with Gasteiger partial charge in [0.25, 0.3) is 0 Å². The van der Waals surface area contributed by atoms with E-state index in [1.165, 1.54) is 6.92 Å². The standard InChI is InChI=1S/C14H17N5O2/c1-9-8-13(18-19(9)3)17-14(21)16-12-6-4-11(5-7-12)15-10(2)20/h4-8H,1-3H3,(H,15,20)(H2,16,17,18,21). The van der Waals surface area contributed by atoms with E-state index in [4.69, 9.17) is 0 Å². The number of benzene rings is 1. The molecule has 0 fully saturated rings. The van der Waals surface area contributed by atoms with Crippen molar-refractivity contribution in [3.05, 3.63) is 36.0 Å². The third-order valence-corrected chi connectivity index (χ3v) is 2.82. The second-order valence-electron chi connectivity index (χ2n) is 4.63. The van der Waals surface area contributed by atoms with Gasteiger partial charge >= 0.3 is 6.03 Å². The van der Waals surface area contributed by atoms with Crippen LogP contribution >= 0.6 is 0 Å². The molecule has 0 bridgehead atoms. The summed E-state index contributed by atoms with van der Waals surface area (Å²) in [6.07, 6.45) is 0. The van der Waals surface area contributed by atoms with E-state index in [1.807, 2.05) is 6.92 Å². The van der Waals surface area contributed by atoms with E-state index in [-0.39, 0.29) is 11.9 Å². The molecule has 1 heterocycles. The van der Waals surface area contributed by atoms with Gasteiger partial charge in [-0.25, -0.2) is 4.79 Å². The Kier molecular flexibility index (Phi) is 4.22. The number of rotatable bonds is 3. The smallest absolute Gasteiger partial charge is 0.324 e. The van der Waals surface area contributed by atoms with Gasteiger partial charge in [-0.3, -0.25) is 14.8 Å². The zero-order valence-electron chi connectivity index (χ0n) is 12.1. The Hall–Kier alpha value is -2.83. The largest absolute Gasteiger partial charge is 0.326 e. The summed E-state index contributed by atoms with van der Waals surface area (Å²) in [5, 5.41) is 12.1. The maximum atomic E-state index is 11.8. The quantitative estimate of drug-likeness (QED) is 0.809. The van der Waals surface area contributed by atoms with Crippen molar-refractivity contribution in [2.45, 2.75) is 13.8 Å². The van der Waals surface area contributed by atoms with Crippen LogP contribution in [0.1, 0.15) is 12.6 Å². The summed E-state index contributed by atoms with van der Waals surface area (Å²) in [6.45, 7) is 3.34. The van der Waals surface area contributed by atoms with Gasteiger partial charge in [-0.15, -0.1) is 0 Å². The molecule has 0 saturated carbocycles. The minimum Gasteiger partial charge on any atom is -0.326 e. The first kappa shape index (κ1) is 14.6. The number of hydrogen-bond donors (Lipinski definition) is 3. The van der Waals surface area contributed by atoms with E-state index in [1.54, 1.807) is 42.1 Å². The van der Waals surface area contributed by atoms with E-state index in [9.17, 15) is 9.59 Å². The summed E-state index contributed by atoms with van der Waals surface area (Å²) < 4.78 is 1.68. The number of carbonyl (C=O) groups excluding carboxylic acids is 2. The summed E-state index contributed by atoms with van der Waals surface area (Å²) in [4.78, 5) is 22.7. The van der Waals surface area contributed by atoms with Gasteiger partial charge in [-0.1, -0.05) is 0 Å². The monoisotopic (exact) mass is 287 g/mol. The molecule has 0 saturated heterocycles. The third kappa shape index (κ3) is 4.07. The average molecular weight is 287 g/mol. The summed E-state index contributed by atoms with van der Waals surface area (Å²) in [7, 11) is 1.80. The van der Waals surface area contributed by atoms with Crippen LogP contribution in [0.3, 0.4) is 0 Å². The lowest BCUT2D eigenvalue weighted by Crippen LogP contribution is -2.19. The lowest BCUT2D eigenvalue weighted by Gasteiger charge is -2.07. The number of urea groups is 1. The summed E-state index contributed by atoms with van der Waals surface area (Å²) >= 11 is 0. The SMILES string of the molecule is CC(=O)Nc1ccc(NC(=O)Nc2cc(C)n(C)n2)cc1. The first-order valence-electron chi connectivity index (χ1n) is 6.40. The highest BCUT2D eigenvalue weighted by molar-refractivity contribution is 5.99. The minimum atomic E-state index is -0.375. The number of nitrogens with zero attached hydrogens (tertiary/aromatic N) is 2. The number of hydrogen-bond acceptors (Lipinski definition) is 3. The van der Waals surface area contributed by atoms with Crippen molar-refractivity contribution in [3.8, 4) is 0 Å². The van der Waals surface area contributed by atoms with E-state index < -0.39 is 0 Å². The van der Waals surface area contributed by atoms with E-state index in [0.717, 1.165) is 5.69 Å². The Morgan fingerprint density at radius 1 is 1.05 bits per heavy atom. The minimum absolute atomic E-state index is 0.140. The molecule has 1 aromatic heterocycles. The normalized spacial score (nSPS) is 10.0. The maximum Gasteiger partial charge on any atom is 0.324 e. The fourth-order valence-corrected chi connectivity index (χ4v) is 1.74. The Morgan fingerprint density at radius 2 is 1.62 bits per heavy atom. The molecule has 0 radical (unpaired) electrons. The Morgan fingerprint density at radius 3 is 2.10 bits per heavy atom. The number of aromatic nitrogens is 2. The third-order valence-electron chi connectivity index (χ3n) is 2.82. The molecule has 0 aliphatic rings. The zero-order valence-corrected chi connectivity index (χ0v) is 12.1. The van der Waals surface area contributed by atoms with Crippen molar-refractivity contribution in [2.24, 2.45) is 7.05 Å². The molecule has 2 aromatic rings. The van der Waals surface area contributed by atoms with E-state index in [0.29, 0.717) is 17.2 Å². The number of nitrogens with one attached hydrogen (secondary N) is 3. The molecule has 110 valence electrons. The lowest BCUT2D eigenvalue weighted by atomic mass is 10.3. The van der Waals surface area contributed by atoms with Crippen LogP contribution in [0.4, 0.5) is 22.0 Å². The van der Waals surface area contributed by atoms with Crippen LogP contribution in [0.15, 0.2) is 30.3 Å². The molecule has 2 rings (SSSR count). The number of amides is 3. The van der Waals surface area contributed by atoms with Crippen LogP contribution in [0.25, 0.3) is 0 Å². The van der Waals surface area contributed by atoms with E-state index in [2.05, 4.69) is 21.0 Å². The van der Waals surface area contributed by atoms with Crippen molar-refractivity contribution in [1.82, 2.24) is 9.78 Å². The van der Waals surface area contributed by atoms with Crippen molar-refractivity contribution >= 4 is 29.1 Å². The van der Waals surface area contributed by atoms with Crippen molar-refractivity contribution < 1.29 is 9.59 Å². The fourth-order valence-electron chi connectivity index (χ4n) is 1.74. The molecule has 1 aromatic carbocycles. The second-order valence-corrected chi connectivity index (χ2v) is 4.63. The van der Waals surface area contributed by atoms with E-state index >= 15 is 0 Å². The molecule has 0 atom stereocenters. The summed E-state index contributed by atoms with van der Waals surface area (Å²) in [5.74, 6) is 0.348. The molecule has 0 aliphatic heterocycles. The van der Waals surface area contributed by atoms with Crippen LogP contribution in [-0.2, 0) is 11.8 Å². The maximum absolute atomic E-state index is 11.8. The molecular formula is C14H17N5O2. The van der Waals surface area contributed by atoms with Crippen molar-refractivity contribution in [1.29, 1.82) is 0 Å². The zero-order chi connectivity index (χ0) is 15.4. The molecule has 0 spiro atoms. The molecule has 0 unspecified atom stereocenters. The van der Waals surface area contributed by atoms with Crippen LogP contribution in [0.2, 0.25) is 0 Å². The highest BCUT2D eigenvalue weighted by Crippen LogP contribution is 2.14. The highest BCUT2D eigenvalue weighted by Gasteiger charge is 2.06. The molecule has 3 N–H and O–H groups in total. The van der Waals surface area contributed by atoms with Gasteiger partial charge in [0.05, 0.1) is 0 Å². The second kappa shape index (κ2) is 6.08. The van der Waals surface area contributed by atoms with Gasteiger partial charge in [0.2, 0.25) is 5.91 Å². The summed E-state index contributed by atoms with van der Waals surface area (Å²) in [5.41, 5.74) is 2.24. The number of anilines is 3. The van der Waals surface area contributed by atoms with Gasteiger partial charge in [0.1, 0.15) is 0 Å². The Bertz CT molecular complexity index is 641. The van der Waals surface area contributed by atoms with Gasteiger partial charge in [0.15, 0.2) is 5.82 Å². The fraction of sp³-hybridized carbons (Fsp3) is 0.214. The van der Waals surface area contributed by atoms with Gasteiger partial charge < -0.3 is 10.6 Å². The molecule has 0 aliphatic carbocycles. The molecular weight excluding hydrogens is 270 g/mol. The Balaban J connectivity index is 1.94. The average Bonchev–Trinajstić information content (AvgIpc) is 2.70. The molecule has 7 heteroatoms. The molecule has 3 amide bonds. The van der Waals surface area contributed by atoms with Gasteiger partial charge in [-0.05, 0) is 31.2 Å². The predicted molar refractivity (Wildman–Crippen MR) is 81.3 cm³/mol. The van der Waals surface area contributed by atoms with Gasteiger partial charge in [-0.2, -0.15) is 5.10 Å². The summed E-state index contributed by atoms with van der Waals surface area (Å²) in [6, 6.07) is 8.23. The van der Waals surface area contributed by atoms with Crippen LogP contribution in [0.5, 0.6) is 0 Å². The van der Waals surface area contributed by atoms with Crippen molar-refractivity contribution in [3.63, 3.8) is 0 Å². The molecule has 21 heavy (non-hydrogen) atoms. The first-order chi connectivity index (χ1) is 9.94. The van der Waals surface area contributed by atoms with Crippen LogP contribution in [-0.4, -0.2) is 21.7 Å². The Labute approximate surface area is 122 Å². The van der Waals surface area contributed by atoms with Crippen molar-refractivity contribution in [2.75, 3.05) is 16.0 Å². The first-order valence-corrected chi connectivity index (χ1v) is 6.40. The lowest BCUT2D eigenvalue weighted by molar-refractivity contribution is -0.114. The predicted octanol–water partition coefficient (Wildman–Crippen LogP) is 2.33. The highest BCUT2D eigenvalue weighted by atomic mass is 16.2. The topological polar surface area (TPSA) is 88.0 Å². The van der Waals surface area contributed by atoms with Gasteiger partial charge in [0, 0.05) is 37.1 Å². The molecule has 7 nitrogen and oxygen atoms in total. The number of aryl methyl sites for hydroxylation is 2. The van der Waals surface area contributed by atoms with Crippen LogP contribution in [0, 0.1) is 6.92 Å². The number of carbonyl (C=O) groups is 2.